The van der Waals surface area contributed by atoms with Gasteiger partial charge in [-0.15, -0.1) is 0 Å². The molecule has 0 aliphatic carbocycles. The van der Waals surface area contributed by atoms with Gasteiger partial charge in [-0.2, -0.15) is 5.10 Å². The second-order valence-electron chi connectivity index (χ2n) is 5.10. The highest BCUT2D eigenvalue weighted by molar-refractivity contribution is 7.99. The third-order valence-electron chi connectivity index (χ3n) is 3.17. The Labute approximate surface area is 140 Å². The summed E-state index contributed by atoms with van der Waals surface area (Å²) >= 11 is 1.39. The largest absolute Gasteiger partial charge is 0.495 e. The van der Waals surface area contributed by atoms with Gasteiger partial charge in [-0.25, -0.2) is 18.1 Å². The molecule has 0 fully saturated rings. The molecule has 0 unspecified atom stereocenters. The summed E-state index contributed by atoms with van der Waals surface area (Å²) in [6.07, 6.45) is 1.41. The van der Waals surface area contributed by atoms with Crippen LogP contribution < -0.4 is 9.46 Å². The molecule has 0 atom stereocenters. The summed E-state index contributed by atoms with van der Waals surface area (Å²) in [4.78, 5) is 4.13. The lowest BCUT2D eigenvalue weighted by Crippen LogP contribution is -2.26. The normalized spacial score (nSPS) is 11.8. The molecule has 2 N–H and O–H groups in total. The molecule has 0 radical (unpaired) electrons. The van der Waals surface area contributed by atoms with Crippen LogP contribution in [0, 0.1) is 0 Å². The first-order chi connectivity index (χ1) is 10.9. The van der Waals surface area contributed by atoms with Crippen molar-refractivity contribution in [1.82, 2.24) is 19.9 Å². The van der Waals surface area contributed by atoms with Crippen molar-refractivity contribution in [3.05, 3.63) is 30.1 Å². The van der Waals surface area contributed by atoms with Gasteiger partial charge in [-0.3, -0.25) is 5.10 Å². The molecule has 1 aromatic carbocycles. The van der Waals surface area contributed by atoms with Crippen LogP contribution in [0.5, 0.6) is 5.75 Å². The number of rotatable bonds is 8. The molecule has 0 aliphatic heterocycles. The Morgan fingerprint density at radius 1 is 1.39 bits per heavy atom. The zero-order valence-corrected chi connectivity index (χ0v) is 14.9. The fraction of sp³-hybridized carbons (Fsp3) is 0.429. The van der Waals surface area contributed by atoms with Crippen molar-refractivity contribution in [3.8, 4) is 5.75 Å². The van der Waals surface area contributed by atoms with Crippen LogP contribution in [-0.2, 0) is 10.0 Å². The molecule has 2 rings (SSSR count). The number of nitrogens with one attached hydrogen (secondary N) is 2. The first-order valence-electron chi connectivity index (χ1n) is 7.10. The highest BCUT2D eigenvalue weighted by Gasteiger charge is 2.20. The van der Waals surface area contributed by atoms with E-state index in [9.17, 15) is 8.42 Å². The third-order valence-corrected chi connectivity index (χ3v) is 5.53. The summed E-state index contributed by atoms with van der Waals surface area (Å²) in [6, 6.07) is 5.23. The predicted molar refractivity (Wildman–Crippen MR) is 89.4 cm³/mol. The number of sulfonamides is 1. The van der Waals surface area contributed by atoms with Crippen molar-refractivity contribution in [1.29, 1.82) is 0 Å². The number of ether oxygens (including phenoxy) is 1. The van der Waals surface area contributed by atoms with Crippen molar-refractivity contribution >= 4 is 21.8 Å². The maximum absolute atomic E-state index is 12.5. The van der Waals surface area contributed by atoms with Crippen LogP contribution in [0.2, 0.25) is 0 Å². The van der Waals surface area contributed by atoms with Crippen LogP contribution >= 0.6 is 11.8 Å². The zero-order valence-electron chi connectivity index (χ0n) is 13.2. The van der Waals surface area contributed by atoms with Gasteiger partial charge in [0.25, 0.3) is 0 Å². The van der Waals surface area contributed by atoms with E-state index in [-0.39, 0.29) is 17.4 Å². The maximum Gasteiger partial charge on any atom is 0.244 e. The number of aromatic nitrogens is 3. The van der Waals surface area contributed by atoms with Crippen molar-refractivity contribution in [2.75, 3.05) is 19.4 Å². The second-order valence-corrected chi connectivity index (χ2v) is 7.92. The van der Waals surface area contributed by atoms with Crippen molar-refractivity contribution < 1.29 is 13.2 Å². The van der Waals surface area contributed by atoms with Crippen molar-refractivity contribution in [2.24, 2.45) is 0 Å². The SMILES string of the molecule is COc1ccc(C(C)C)cc1S(=O)(=O)NCCSc1ncn[nH]1. The van der Waals surface area contributed by atoms with E-state index in [2.05, 4.69) is 19.9 Å². The monoisotopic (exact) mass is 356 g/mol. The van der Waals surface area contributed by atoms with Crippen LogP contribution in [0.25, 0.3) is 0 Å². The lowest BCUT2D eigenvalue weighted by atomic mass is 10.0. The number of nitrogens with zero attached hydrogens (tertiary/aromatic N) is 2. The van der Waals surface area contributed by atoms with E-state index < -0.39 is 10.0 Å². The molecule has 0 amide bonds. The van der Waals surface area contributed by atoms with E-state index in [1.807, 2.05) is 19.9 Å². The smallest absolute Gasteiger partial charge is 0.244 e. The molecule has 7 nitrogen and oxygen atoms in total. The summed E-state index contributed by atoms with van der Waals surface area (Å²) in [5.74, 6) is 1.11. The Morgan fingerprint density at radius 3 is 2.78 bits per heavy atom. The first-order valence-corrected chi connectivity index (χ1v) is 9.56. The molecule has 1 heterocycles. The van der Waals surface area contributed by atoms with Gasteiger partial charge in [0.1, 0.15) is 17.0 Å². The molecule has 0 spiro atoms. The molecule has 2 aromatic rings. The minimum atomic E-state index is -3.63. The molecule has 0 saturated carbocycles. The van der Waals surface area contributed by atoms with Crippen LogP contribution in [0.4, 0.5) is 0 Å². The minimum Gasteiger partial charge on any atom is -0.495 e. The standard InChI is InChI=1S/C14H20N4O3S2/c1-10(2)11-4-5-12(21-3)13(8-11)23(19,20)17-6-7-22-14-15-9-16-18-14/h4-5,8-10,17H,6-7H2,1-3H3,(H,15,16,18). The van der Waals surface area contributed by atoms with E-state index in [0.717, 1.165) is 5.56 Å². The van der Waals surface area contributed by atoms with Gasteiger partial charge in [0.15, 0.2) is 5.16 Å². The third kappa shape index (κ3) is 4.69. The summed E-state index contributed by atoms with van der Waals surface area (Å²) in [6.45, 7) is 4.31. The van der Waals surface area contributed by atoms with Gasteiger partial charge in [-0.05, 0) is 23.6 Å². The van der Waals surface area contributed by atoms with E-state index in [1.165, 1.54) is 25.2 Å². The molecule has 0 bridgehead atoms. The topological polar surface area (TPSA) is 97.0 Å². The number of hydrogen-bond acceptors (Lipinski definition) is 6. The Bertz CT molecular complexity index is 730. The summed E-state index contributed by atoms with van der Waals surface area (Å²) < 4.78 is 32.8. The number of thioether (sulfide) groups is 1. The van der Waals surface area contributed by atoms with E-state index >= 15 is 0 Å². The van der Waals surface area contributed by atoms with Crippen molar-refractivity contribution in [2.45, 2.75) is 29.8 Å². The van der Waals surface area contributed by atoms with Crippen LogP contribution in [0.3, 0.4) is 0 Å². The summed E-state index contributed by atoms with van der Waals surface area (Å²) in [7, 11) is -2.17. The molecular weight excluding hydrogens is 336 g/mol. The summed E-state index contributed by atoms with van der Waals surface area (Å²) in [5.41, 5.74) is 0.946. The predicted octanol–water partition coefficient (Wildman–Crippen LogP) is 2.01. The average Bonchev–Trinajstić information content (AvgIpc) is 3.04. The van der Waals surface area contributed by atoms with Gasteiger partial charge in [0.2, 0.25) is 10.0 Å². The van der Waals surface area contributed by atoms with E-state index in [0.29, 0.717) is 16.7 Å². The zero-order chi connectivity index (χ0) is 16.9. The lowest BCUT2D eigenvalue weighted by Gasteiger charge is -2.13. The van der Waals surface area contributed by atoms with Gasteiger partial charge in [0, 0.05) is 12.3 Å². The quantitative estimate of drug-likeness (QED) is 0.555. The van der Waals surface area contributed by atoms with Crippen LogP contribution in [0.15, 0.2) is 34.6 Å². The van der Waals surface area contributed by atoms with Crippen LogP contribution in [-0.4, -0.2) is 43.0 Å². The van der Waals surface area contributed by atoms with Gasteiger partial charge < -0.3 is 4.74 Å². The fourth-order valence-corrected chi connectivity index (χ4v) is 3.93. The molecule has 126 valence electrons. The Balaban J connectivity index is 2.07. The van der Waals surface area contributed by atoms with Crippen LogP contribution in [0.1, 0.15) is 25.3 Å². The summed E-state index contributed by atoms with van der Waals surface area (Å²) in [5, 5.41) is 7.10. The Kier molecular flexibility index (Phi) is 6.03. The number of hydrogen-bond donors (Lipinski definition) is 2. The number of benzene rings is 1. The minimum absolute atomic E-state index is 0.163. The lowest BCUT2D eigenvalue weighted by molar-refractivity contribution is 0.402. The molecular formula is C14H20N4O3S2. The molecule has 9 heteroatoms. The number of H-pyrrole nitrogens is 1. The van der Waals surface area contributed by atoms with E-state index in [1.54, 1.807) is 12.1 Å². The van der Waals surface area contributed by atoms with Gasteiger partial charge >= 0.3 is 0 Å². The fourth-order valence-electron chi connectivity index (χ4n) is 1.93. The average molecular weight is 356 g/mol. The molecule has 0 saturated heterocycles. The number of aromatic amines is 1. The second kappa shape index (κ2) is 7.80. The van der Waals surface area contributed by atoms with E-state index in [4.69, 9.17) is 4.74 Å². The molecule has 0 aliphatic rings. The highest BCUT2D eigenvalue weighted by Crippen LogP contribution is 2.27. The maximum atomic E-state index is 12.5. The Morgan fingerprint density at radius 2 is 2.17 bits per heavy atom. The van der Waals surface area contributed by atoms with Gasteiger partial charge in [-0.1, -0.05) is 31.7 Å². The molecule has 23 heavy (non-hydrogen) atoms. The van der Waals surface area contributed by atoms with Crippen molar-refractivity contribution in [3.63, 3.8) is 0 Å². The molecule has 1 aromatic heterocycles. The number of methoxy groups -OCH3 is 1. The van der Waals surface area contributed by atoms with Gasteiger partial charge in [0.05, 0.1) is 7.11 Å². The highest BCUT2D eigenvalue weighted by atomic mass is 32.2. The first kappa shape index (κ1) is 17.8. The Hall–Kier alpha value is -1.58.